The van der Waals surface area contributed by atoms with E-state index in [1.807, 2.05) is 25.1 Å². The molecule has 3 rings (SSSR count). The maximum Gasteiger partial charge on any atom is 0.387 e. The van der Waals surface area contributed by atoms with Gasteiger partial charge in [0.05, 0.1) is 12.2 Å². The van der Waals surface area contributed by atoms with Gasteiger partial charge in [-0.1, -0.05) is 18.2 Å². The van der Waals surface area contributed by atoms with Gasteiger partial charge in [0.15, 0.2) is 0 Å². The van der Waals surface area contributed by atoms with Gasteiger partial charge < -0.3 is 14.8 Å². The van der Waals surface area contributed by atoms with E-state index in [9.17, 15) is 8.78 Å². The summed E-state index contributed by atoms with van der Waals surface area (Å²) in [6, 6.07) is 12.5. The molecule has 0 spiro atoms. The molecule has 1 unspecified atom stereocenters. The average Bonchev–Trinajstić information content (AvgIpc) is 2.46. The van der Waals surface area contributed by atoms with Crippen LogP contribution in [0.3, 0.4) is 0 Å². The second kappa shape index (κ2) is 5.60. The van der Waals surface area contributed by atoms with Crippen LogP contribution in [-0.4, -0.2) is 13.2 Å². The summed E-state index contributed by atoms with van der Waals surface area (Å²) >= 11 is 0. The number of hydrogen-bond donors (Lipinski definition) is 1. The first-order chi connectivity index (χ1) is 10.1. The summed E-state index contributed by atoms with van der Waals surface area (Å²) in [6.45, 7) is -0.173. The molecule has 5 heteroatoms. The maximum atomic E-state index is 12.1. The topological polar surface area (TPSA) is 30.5 Å². The van der Waals surface area contributed by atoms with Crippen molar-refractivity contribution in [1.29, 1.82) is 0 Å². The van der Waals surface area contributed by atoms with E-state index in [1.165, 1.54) is 12.1 Å². The standard InChI is InChI=1S/C16H15F2NO2/c1-10-2-7-13-14(8-10)21-15(9-19-13)11-3-5-12(6-4-11)20-16(17)18/h2-8,15-16,19H,9H2,1H3. The summed E-state index contributed by atoms with van der Waals surface area (Å²) in [4.78, 5) is 0. The lowest BCUT2D eigenvalue weighted by molar-refractivity contribution is -0.0498. The van der Waals surface area contributed by atoms with Crippen molar-refractivity contribution in [3.63, 3.8) is 0 Å². The molecule has 1 N–H and O–H groups in total. The van der Waals surface area contributed by atoms with Crippen LogP contribution in [0.25, 0.3) is 0 Å². The van der Waals surface area contributed by atoms with Crippen molar-refractivity contribution in [2.45, 2.75) is 19.6 Å². The summed E-state index contributed by atoms with van der Waals surface area (Å²) in [5.74, 6) is 0.952. The smallest absolute Gasteiger partial charge is 0.387 e. The second-order valence-corrected chi connectivity index (χ2v) is 4.93. The van der Waals surface area contributed by atoms with E-state index < -0.39 is 6.61 Å². The molecule has 0 aliphatic carbocycles. The molecule has 1 aliphatic rings. The van der Waals surface area contributed by atoms with Gasteiger partial charge in [0.1, 0.15) is 17.6 Å². The molecular formula is C16H15F2NO2. The highest BCUT2D eigenvalue weighted by atomic mass is 19.3. The van der Waals surface area contributed by atoms with Crippen LogP contribution in [0.1, 0.15) is 17.2 Å². The molecular weight excluding hydrogens is 276 g/mol. The lowest BCUT2D eigenvalue weighted by Crippen LogP contribution is -2.23. The Kier molecular flexibility index (Phi) is 3.64. The van der Waals surface area contributed by atoms with Gasteiger partial charge in [-0.25, -0.2) is 0 Å². The van der Waals surface area contributed by atoms with E-state index in [-0.39, 0.29) is 11.9 Å². The van der Waals surface area contributed by atoms with Gasteiger partial charge in [0.25, 0.3) is 0 Å². The number of aryl methyl sites for hydroxylation is 1. The molecule has 0 fully saturated rings. The molecule has 0 aromatic heterocycles. The number of hydrogen-bond acceptors (Lipinski definition) is 3. The zero-order chi connectivity index (χ0) is 14.8. The number of benzene rings is 2. The zero-order valence-corrected chi connectivity index (χ0v) is 11.5. The first-order valence-corrected chi connectivity index (χ1v) is 6.68. The van der Waals surface area contributed by atoms with E-state index in [4.69, 9.17) is 4.74 Å². The Hall–Kier alpha value is -2.30. The summed E-state index contributed by atoms with van der Waals surface area (Å²) in [6.07, 6.45) is -0.153. The summed E-state index contributed by atoms with van der Waals surface area (Å²) < 4.78 is 34.6. The molecule has 0 amide bonds. The number of halogens is 2. The highest BCUT2D eigenvalue weighted by Gasteiger charge is 2.21. The van der Waals surface area contributed by atoms with Crippen LogP contribution >= 0.6 is 0 Å². The minimum Gasteiger partial charge on any atom is -0.482 e. The molecule has 2 aromatic rings. The van der Waals surface area contributed by atoms with Crippen LogP contribution in [0.5, 0.6) is 11.5 Å². The van der Waals surface area contributed by atoms with E-state index >= 15 is 0 Å². The van der Waals surface area contributed by atoms with Gasteiger partial charge in [-0.2, -0.15) is 8.78 Å². The Morgan fingerprint density at radius 2 is 1.95 bits per heavy atom. The maximum absolute atomic E-state index is 12.1. The van der Waals surface area contributed by atoms with Crippen LogP contribution in [-0.2, 0) is 0 Å². The zero-order valence-electron chi connectivity index (χ0n) is 11.5. The Morgan fingerprint density at radius 1 is 1.19 bits per heavy atom. The molecule has 0 radical (unpaired) electrons. The van der Waals surface area contributed by atoms with E-state index in [2.05, 4.69) is 10.1 Å². The quantitative estimate of drug-likeness (QED) is 0.921. The minimum absolute atomic E-state index is 0.147. The first kappa shape index (κ1) is 13.7. The minimum atomic E-state index is -2.81. The van der Waals surface area contributed by atoms with Crippen molar-refractivity contribution in [3.8, 4) is 11.5 Å². The fourth-order valence-corrected chi connectivity index (χ4v) is 2.32. The normalized spacial score (nSPS) is 16.9. The van der Waals surface area contributed by atoms with Crippen LogP contribution < -0.4 is 14.8 Å². The molecule has 3 nitrogen and oxygen atoms in total. The second-order valence-electron chi connectivity index (χ2n) is 4.93. The fourth-order valence-electron chi connectivity index (χ4n) is 2.32. The first-order valence-electron chi connectivity index (χ1n) is 6.68. The average molecular weight is 291 g/mol. The van der Waals surface area contributed by atoms with Crippen LogP contribution in [0.15, 0.2) is 42.5 Å². The van der Waals surface area contributed by atoms with Gasteiger partial charge in [0.2, 0.25) is 0 Å². The molecule has 1 atom stereocenters. The fraction of sp³-hybridized carbons (Fsp3) is 0.250. The SMILES string of the molecule is Cc1ccc2c(c1)OC(c1ccc(OC(F)F)cc1)CN2. The number of alkyl halides is 2. The molecule has 0 saturated carbocycles. The van der Waals surface area contributed by atoms with Crippen molar-refractivity contribution in [2.75, 3.05) is 11.9 Å². The monoisotopic (exact) mass is 291 g/mol. The summed E-state index contributed by atoms with van der Waals surface area (Å²) in [5, 5.41) is 3.31. The highest BCUT2D eigenvalue weighted by molar-refractivity contribution is 5.59. The third-order valence-electron chi connectivity index (χ3n) is 3.36. The number of nitrogens with one attached hydrogen (secondary N) is 1. The van der Waals surface area contributed by atoms with Gasteiger partial charge >= 0.3 is 6.61 Å². The predicted molar refractivity (Wildman–Crippen MR) is 76.1 cm³/mol. The number of fused-ring (bicyclic) bond motifs is 1. The Morgan fingerprint density at radius 3 is 2.67 bits per heavy atom. The van der Waals surface area contributed by atoms with Crippen LogP contribution in [0.4, 0.5) is 14.5 Å². The Balaban J connectivity index is 1.76. The highest BCUT2D eigenvalue weighted by Crippen LogP contribution is 2.35. The number of rotatable bonds is 3. The van der Waals surface area contributed by atoms with Crippen molar-refractivity contribution in [1.82, 2.24) is 0 Å². The Bertz CT molecular complexity index is 629. The Labute approximate surface area is 121 Å². The van der Waals surface area contributed by atoms with Gasteiger partial charge in [-0.3, -0.25) is 0 Å². The van der Waals surface area contributed by atoms with Crippen molar-refractivity contribution in [3.05, 3.63) is 53.6 Å². The van der Waals surface area contributed by atoms with Gasteiger partial charge in [-0.05, 0) is 42.3 Å². The molecule has 0 saturated heterocycles. The van der Waals surface area contributed by atoms with Crippen molar-refractivity contribution in [2.24, 2.45) is 0 Å². The molecule has 110 valence electrons. The third-order valence-corrected chi connectivity index (χ3v) is 3.36. The van der Waals surface area contributed by atoms with E-state index in [0.717, 1.165) is 22.6 Å². The van der Waals surface area contributed by atoms with E-state index in [1.54, 1.807) is 12.1 Å². The number of ether oxygens (including phenoxy) is 2. The van der Waals surface area contributed by atoms with Gasteiger partial charge in [0, 0.05) is 0 Å². The summed E-state index contributed by atoms with van der Waals surface area (Å²) in [7, 11) is 0. The lowest BCUT2D eigenvalue weighted by Gasteiger charge is -2.28. The molecule has 1 heterocycles. The molecule has 21 heavy (non-hydrogen) atoms. The third kappa shape index (κ3) is 3.07. The molecule has 1 aliphatic heterocycles. The van der Waals surface area contributed by atoms with Crippen molar-refractivity contribution >= 4 is 5.69 Å². The van der Waals surface area contributed by atoms with Crippen LogP contribution in [0, 0.1) is 6.92 Å². The lowest BCUT2D eigenvalue weighted by atomic mass is 10.1. The number of anilines is 1. The van der Waals surface area contributed by atoms with Crippen LogP contribution in [0.2, 0.25) is 0 Å². The van der Waals surface area contributed by atoms with Gasteiger partial charge in [-0.15, -0.1) is 0 Å². The predicted octanol–water partition coefficient (Wildman–Crippen LogP) is 4.14. The van der Waals surface area contributed by atoms with E-state index in [0.29, 0.717) is 6.54 Å². The largest absolute Gasteiger partial charge is 0.482 e. The summed E-state index contributed by atoms with van der Waals surface area (Å²) in [5.41, 5.74) is 3.00. The van der Waals surface area contributed by atoms with Crippen molar-refractivity contribution < 1.29 is 18.3 Å². The molecule has 2 aromatic carbocycles. The molecule has 0 bridgehead atoms.